The van der Waals surface area contributed by atoms with E-state index < -0.39 is 0 Å². The number of nitrogens with zero attached hydrogens (tertiary/aromatic N) is 3. The third kappa shape index (κ3) is 3.00. The minimum absolute atomic E-state index is 0.00661. The first-order chi connectivity index (χ1) is 9.76. The zero-order valence-electron chi connectivity index (χ0n) is 11.6. The van der Waals surface area contributed by atoms with Crippen molar-refractivity contribution < 1.29 is 14.3 Å². The van der Waals surface area contributed by atoms with Gasteiger partial charge in [0.25, 0.3) is 0 Å². The molecule has 1 unspecified atom stereocenters. The van der Waals surface area contributed by atoms with Crippen molar-refractivity contribution in [3.05, 3.63) is 12.4 Å². The molecule has 0 aromatic carbocycles. The highest BCUT2D eigenvalue weighted by Crippen LogP contribution is 2.32. The predicted octanol–water partition coefficient (Wildman–Crippen LogP) is 1.26. The Morgan fingerprint density at radius 2 is 2.10 bits per heavy atom. The molecular formula is C14H19N3O3. The number of hydrogen-bond acceptors (Lipinski definition) is 5. The number of aromatic nitrogens is 2. The Balaban J connectivity index is 1.60. The molecule has 6 heteroatoms. The van der Waals surface area contributed by atoms with Crippen LogP contribution in [0.3, 0.4) is 0 Å². The van der Waals surface area contributed by atoms with E-state index in [4.69, 9.17) is 9.47 Å². The monoisotopic (exact) mass is 277 g/mol. The Morgan fingerprint density at radius 3 is 2.85 bits per heavy atom. The molecule has 1 atom stereocenters. The summed E-state index contributed by atoms with van der Waals surface area (Å²) in [5.74, 6) is 1.44. The van der Waals surface area contributed by atoms with E-state index in [1.807, 2.05) is 4.90 Å². The Labute approximate surface area is 118 Å². The maximum Gasteiger partial charge on any atom is 0.235 e. The smallest absolute Gasteiger partial charge is 0.235 e. The maximum atomic E-state index is 12.1. The van der Waals surface area contributed by atoms with Gasteiger partial charge < -0.3 is 14.4 Å². The summed E-state index contributed by atoms with van der Waals surface area (Å²) in [6.07, 6.45) is 7.10. The van der Waals surface area contributed by atoms with Crippen molar-refractivity contribution in [1.29, 1.82) is 0 Å². The molecule has 1 aliphatic carbocycles. The van der Waals surface area contributed by atoms with Crippen LogP contribution in [0.15, 0.2) is 12.4 Å². The molecule has 0 spiro atoms. The number of rotatable bonds is 4. The van der Waals surface area contributed by atoms with E-state index in [9.17, 15) is 4.79 Å². The molecule has 2 fully saturated rings. The largest absolute Gasteiger partial charge is 0.480 e. The zero-order valence-corrected chi connectivity index (χ0v) is 11.6. The molecular weight excluding hydrogens is 258 g/mol. The lowest BCUT2D eigenvalue weighted by Crippen LogP contribution is -2.45. The van der Waals surface area contributed by atoms with Crippen LogP contribution in [0, 0.1) is 5.92 Å². The third-order valence-corrected chi connectivity index (χ3v) is 3.70. The lowest BCUT2D eigenvalue weighted by molar-refractivity contribution is -0.135. The molecule has 6 nitrogen and oxygen atoms in total. The molecule has 0 N–H and O–H groups in total. The molecule has 1 aliphatic heterocycles. The lowest BCUT2D eigenvalue weighted by Gasteiger charge is -2.32. The van der Waals surface area contributed by atoms with Crippen molar-refractivity contribution >= 4 is 5.91 Å². The maximum absolute atomic E-state index is 12.1. The van der Waals surface area contributed by atoms with Gasteiger partial charge in [-0.15, -0.1) is 0 Å². The number of ether oxygens (including phenoxy) is 2. The van der Waals surface area contributed by atoms with Gasteiger partial charge in [0, 0.05) is 12.5 Å². The second-order valence-electron chi connectivity index (χ2n) is 5.34. The summed E-state index contributed by atoms with van der Waals surface area (Å²) < 4.78 is 10.9. The number of carbonyl (C=O) groups excluding carboxylic acids is 1. The van der Waals surface area contributed by atoms with Crippen LogP contribution in [0.4, 0.5) is 0 Å². The van der Waals surface area contributed by atoms with Crippen LogP contribution < -0.4 is 9.47 Å². The van der Waals surface area contributed by atoms with Crippen LogP contribution in [0.2, 0.25) is 0 Å². The van der Waals surface area contributed by atoms with Gasteiger partial charge in [0.05, 0.1) is 26.0 Å². The first-order valence-corrected chi connectivity index (χ1v) is 7.08. The van der Waals surface area contributed by atoms with Gasteiger partial charge >= 0.3 is 0 Å². The standard InChI is InChI=1S/C14H19N3O3/c1-19-12-7-15-8-13(16-12)20-11-3-2-6-17(9-11)14(18)10-4-5-10/h7-8,10-11H,2-6,9H2,1H3. The van der Waals surface area contributed by atoms with E-state index in [0.29, 0.717) is 18.3 Å². The second kappa shape index (κ2) is 5.64. The molecule has 1 aromatic heterocycles. The molecule has 2 heterocycles. The molecule has 1 amide bonds. The summed E-state index contributed by atoms with van der Waals surface area (Å²) in [5, 5.41) is 0. The van der Waals surface area contributed by atoms with E-state index in [1.54, 1.807) is 13.3 Å². The van der Waals surface area contributed by atoms with Crippen LogP contribution >= 0.6 is 0 Å². The molecule has 1 saturated carbocycles. The first kappa shape index (κ1) is 13.1. The number of hydrogen-bond donors (Lipinski definition) is 0. The SMILES string of the molecule is COc1cncc(OC2CCCN(C(=O)C3CC3)C2)n1. The highest BCUT2D eigenvalue weighted by Gasteiger charge is 2.35. The Morgan fingerprint density at radius 1 is 1.30 bits per heavy atom. The minimum Gasteiger partial charge on any atom is -0.480 e. The Hall–Kier alpha value is -1.85. The number of amides is 1. The molecule has 1 aromatic rings. The van der Waals surface area contributed by atoms with E-state index in [1.165, 1.54) is 6.20 Å². The van der Waals surface area contributed by atoms with Gasteiger partial charge in [-0.25, -0.2) is 0 Å². The lowest BCUT2D eigenvalue weighted by atomic mass is 10.1. The van der Waals surface area contributed by atoms with Crippen LogP contribution in [0.1, 0.15) is 25.7 Å². The van der Waals surface area contributed by atoms with E-state index in [-0.39, 0.29) is 17.9 Å². The fourth-order valence-electron chi connectivity index (χ4n) is 2.48. The molecule has 0 bridgehead atoms. The summed E-state index contributed by atoms with van der Waals surface area (Å²) in [6, 6.07) is 0. The van der Waals surface area contributed by atoms with Crippen molar-refractivity contribution in [2.24, 2.45) is 5.92 Å². The van der Waals surface area contributed by atoms with Gasteiger partial charge in [-0.3, -0.25) is 9.78 Å². The number of carbonyl (C=O) groups is 1. The highest BCUT2D eigenvalue weighted by atomic mass is 16.5. The van der Waals surface area contributed by atoms with Crippen molar-refractivity contribution in [3.63, 3.8) is 0 Å². The first-order valence-electron chi connectivity index (χ1n) is 7.08. The zero-order chi connectivity index (χ0) is 13.9. The van der Waals surface area contributed by atoms with Gasteiger partial charge in [0.2, 0.25) is 17.7 Å². The Bertz CT molecular complexity index is 490. The molecule has 3 rings (SSSR count). The molecule has 0 radical (unpaired) electrons. The summed E-state index contributed by atoms with van der Waals surface area (Å²) in [6.45, 7) is 1.49. The Kier molecular flexibility index (Phi) is 3.71. The van der Waals surface area contributed by atoms with Crippen LogP contribution in [-0.2, 0) is 4.79 Å². The van der Waals surface area contributed by atoms with Crippen LogP contribution in [0.5, 0.6) is 11.8 Å². The number of likely N-dealkylation sites (tertiary alicyclic amines) is 1. The summed E-state index contributed by atoms with van der Waals surface area (Å²) in [7, 11) is 1.55. The van der Waals surface area contributed by atoms with E-state index >= 15 is 0 Å². The van der Waals surface area contributed by atoms with Gasteiger partial charge in [-0.1, -0.05) is 0 Å². The van der Waals surface area contributed by atoms with Crippen LogP contribution in [0.25, 0.3) is 0 Å². The molecule has 108 valence electrons. The van der Waals surface area contributed by atoms with Crippen molar-refractivity contribution in [1.82, 2.24) is 14.9 Å². The van der Waals surface area contributed by atoms with E-state index in [0.717, 1.165) is 32.2 Å². The van der Waals surface area contributed by atoms with Crippen LogP contribution in [-0.4, -0.2) is 47.1 Å². The predicted molar refractivity (Wildman–Crippen MR) is 71.5 cm³/mol. The van der Waals surface area contributed by atoms with Gasteiger partial charge in [-0.2, -0.15) is 4.98 Å². The van der Waals surface area contributed by atoms with Gasteiger partial charge in [0.1, 0.15) is 6.10 Å². The average molecular weight is 277 g/mol. The molecule has 2 aliphatic rings. The van der Waals surface area contributed by atoms with Crippen molar-refractivity contribution in [2.75, 3.05) is 20.2 Å². The third-order valence-electron chi connectivity index (χ3n) is 3.70. The normalized spacial score (nSPS) is 22.4. The topological polar surface area (TPSA) is 64.6 Å². The number of piperidine rings is 1. The minimum atomic E-state index is -0.00661. The molecule has 20 heavy (non-hydrogen) atoms. The average Bonchev–Trinajstić information content (AvgIpc) is 3.32. The highest BCUT2D eigenvalue weighted by molar-refractivity contribution is 5.81. The number of methoxy groups -OCH3 is 1. The quantitative estimate of drug-likeness (QED) is 0.829. The summed E-state index contributed by atoms with van der Waals surface area (Å²) in [4.78, 5) is 22.2. The summed E-state index contributed by atoms with van der Waals surface area (Å²) >= 11 is 0. The second-order valence-corrected chi connectivity index (χ2v) is 5.34. The fourth-order valence-corrected chi connectivity index (χ4v) is 2.48. The van der Waals surface area contributed by atoms with Gasteiger partial charge in [-0.05, 0) is 25.7 Å². The fraction of sp³-hybridized carbons (Fsp3) is 0.643. The van der Waals surface area contributed by atoms with Crippen molar-refractivity contribution in [3.8, 4) is 11.8 Å². The van der Waals surface area contributed by atoms with E-state index in [2.05, 4.69) is 9.97 Å². The van der Waals surface area contributed by atoms with Gasteiger partial charge in [0.15, 0.2) is 0 Å². The van der Waals surface area contributed by atoms with Crippen molar-refractivity contribution in [2.45, 2.75) is 31.8 Å². The molecule has 1 saturated heterocycles. The summed E-state index contributed by atoms with van der Waals surface area (Å²) in [5.41, 5.74) is 0.